The molecule has 0 fully saturated rings. The molecule has 106 valence electrons. The fourth-order valence-electron chi connectivity index (χ4n) is 1.78. The number of ether oxygens (including phenoxy) is 2. The lowest BCUT2D eigenvalue weighted by atomic mass is 10.1. The van der Waals surface area contributed by atoms with Crippen LogP contribution in [0.15, 0.2) is 24.3 Å². The monoisotopic (exact) mass is 273 g/mol. The van der Waals surface area contributed by atoms with Crippen LogP contribution in [0.1, 0.15) is 17.0 Å². The summed E-state index contributed by atoms with van der Waals surface area (Å²) < 4.78 is 10.9. The van der Waals surface area contributed by atoms with Crippen molar-refractivity contribution >= 4 is 5.82 Å². The highest BCUT2D eigenvalue weighted by atomic mass is 16.5. The highest BCUT2D eigenvalue weighted by Crippen LogP contribution is 2.26. The Morgan fingerprint density at radius 3 is 2.65 bits per heavy atom. The summed E-state index contributed by atoms with van der Waals surface area (Å²) in [6, 6.07) is 7.84. The van der Waals surface area contributed by atoms with Crippen molar-refractivity contribution in [2.75, 3.05) is 19.5 Å². The summed E-state index contributed by atoms with van der Waals surface area (Å²) in [4.78, 5) is 8.63. The van der Waals surface area contributed by atoms with Crippen LogP contribution in [0, 0.1) is 13.8 Å². The van der Waals surface area contributed by atoms with Crippen molar-refractivity contribution in [1.82, 2.24) is 9.97 Å². The van der Waals surface area contributed by atoms with Gasteiger partial charge in [0.25, 0.3) is 0 Å². The van der Waals surface area contributed by atoms with Gasteiger partial charge in [0.2, 0.25) is 5.88 Å². The van der Waals surface area contributed by atoms with Gasteiger partial charge in [-0.05, 0) is 31.0 Å². The van der Waals surface area contributed by atoms with Crippen molar-refractivity contribution in [1.29, 1.82) is 0 Å². The number of methoxy groups -OCH3 is 1. The molecule has 0 saturated heterocycles. The Morgan fingerprint density at radius 2 is 1.95 bits per heavy atom. The minimum Gasteiger partial charge on any atom is -0.439 e. The minimum absolute atomic E-state index is 0.346. The van der Waals surface area contributed by atoms with Crippen LogP contribution in [0.5, 0.6) is 11.6 Å². The summed E-state index contributed by atoms with van der Waals surface area (Å²) in [5.41, 5.74) is 2.21. The van der Waals surface area contributed by atoms with Crippen LogP contribution < -0.4 is 10.1 Å². The Hall–Kier alpha value is -2.14. The Labute approximate surface area is 119 Å². The van der Waals surface area contributed by atoms with Crippen molar-refractivity contribution < 1.29 is 9.47 Å². The van der Waals surface area contributed by atoms with Gasteiger partial charge >= 0.3 is 0 Å². The second kappa shape index (κ2) is 6.34. The Balaban J connectivity index is 2.32. The van der Waals surface area contributed by atoms with Gasteiger partial charge in [0, 0.05) is 20.2 Å². The Bertz CT molecular complexity index is 600. The van der Waals surface area contributed by atoms with Gasteiger partial charge in [0.1, 0.15) is 18.2 Å². The first-order chi connectivity index (χ1) is 9.62. The number of aromatic nitrogens is 2. The summed E-state index contributed by atoms with van der Waals surface area (Å²) in [6.07, 6.45) is 0. The normalized spacial score (nSPS) is 10.4. The quantitative estimate of drug-likeness (QED) is 0.907. The van der Waals surface area contributed by atoms with Crippen LogP contribution in [-0.4, -0.2) is 24.1 Å². The van der Waals surface area contributed by atoms with Crippen LogP contribution in [0.2, 0.25) is 0 Å². The SMILES string of the molecule is CNc1cc(Oc2cc(C)ccc2C)nc(COC)n1. The second-order valence-corrected chi connectivity index (χ2v) is 4.56. The van der Waals surface area contributed by atoms with Crippen molar-refractivity contribution in [2.24, 2.45) is 0 Å². The van der Waals surface area contributed by atoms with Gasteiger partial charge in [-0.2, -0.15) is 4.98 Å². The maximum Gasteiger partial charge on any atom is 0.224 e. The van der Waals surface area contributed by atoms with Gasteiger partial charge in [0.05, 0.1) is 0 Å². The highest BCUT2D eigenvalue weighted by Gasteiger charge is 2.08. The smallest absolute Gasteiger partial charge is 0.224 e. The minimum atomic E-state index is 0.346. The zero-order valence-corrected chi connectivity index (χ0v) is 12.2. The van der Waals surface area contributed by atoms with Gasteiger partial charge in [-0.1, -0.05) is 12.1 Å². The zero-order valence-electron chi connectivity index (χ0n) is 12.2. The highest BCUT2D eigenvalue weighted by molar-refractivity contribution is 5.42. The molecule has 1 heterocycles. The van der Waals surface area contributed by atoms with E-state index in [2.05, 4.69) is 21.4 Å². The lowest BCUT2D eigenvalue weighted by Crippen LogP contribution is -2.03. The molecule has 0 spiro atoms. The summed E-state index contributed by atoms with van der Waals surface area (Å²) in [5, 5.41) is 2.99. The molecule has 1 aromatic heterocycles. The average Bonchev–Trinajstić information content (AvgIpc) is 2.43. The molecule has 0 saturated carbocycles. The molecule has 1 aromatic carbocycles. The summed E-state index contributed by atoms with van der Waals surface area (Å²) in [6.45, 7) is 4.38. The molecule has 0 bridgehead atoms. The van der Waals surface area contributed by atoms with E-state index in [0.29, 0.717) is 24.1 Å². The number of hydrogen-bond donors (Lipinski definition) is 1. The first-order valence-electron chi connectivity index (χ1n) is 6.42. The predicted molar refractivity (Wildman–Crippen MR) is 78.3 cm³/mol. The van der Waals surface area contributed by atoms with E-state index in [1.807, 2.05) is 26.0 Å². The molecular weight excluding hydrogens is 254 g/mol. The van der Waals surface area contributed by atoms with Crippen molar-refractivity contribution in [2.45, 2.75) is 20.5 Å². The molecule has 20 heavy (non-hydrogen) atoms. The van der Waals surface area contributed by atoms with E-state index >= 15 is 0 Å². The van der Waals surface area contributed by atoms with Crippen molar-refractivity contribution in [3.8, 4) is 11.6 Å². The van der Waals surface area contributed by atoms with E-state index in [0.717, 1.165) is 16.9 Å². The molecule has 5 nitrogen and oxygen atoms in total. The van der Waals surface area contributed by atoms with Crippen LogP contribution >= 0.6 is 0 Å². The summed E-state index contributed by atoms with van der Waals surface area (Å²) >= 11 is 0. The van der Waals surface area contributed by atoms with Crippen LogP contribution in [0.25, 0.3) is 0 Å². The lowest BCUT2D eigenvalue weighted by Gasteiger charge is -2.11. The zero-order chi connectivity index (χ0) is 14.5. The number of rotatable bonds is 5. The third-order valence-corrected chi connectivity index (χ3v) is 2.84. The maximum atomic E-state index is 5.87. The molecule has 5 heteroatoms. The largest absolute Gasteiger partial charge is 0.439 e. The van der Waals surface area contributed by atoms with E-state index < -0.39 is 0 Å². The van der Waals surface area contributed by atoms with Crippen LogP contribution in [-0.2, 0) is 11.3 Å². The maximum absolute atomic E-state index is 5.87. The molecule has 0 aliphatic heterocycles. The predicted octanol–water partition coefficient (Wildman–Crippen LogP) is 3.07. The molecule has 0 atom stereocenters. The molecule has 0 amide bonds. The summed E-state index contributed by atoms with van der Waals surface area (Å²) in [7, 11) is 3.42. The lowest BCUT2D eigenvalue weighted by molar-refractivity contribution is 0.177. The summed E-state index contributed by atoms with van der Waals surface area (Å²) in [5.74, 6) is 2.59. The molecule has 2 aromatic rings. The number of nitrogens with zero attached hydrogens (tertiary/aromatic N) is 2. The van der Waals surface area contributed by atoms with Crippen LogP contribution in [0.3, 0.4) is 0 Å². The first-order valence-corrected chi connectivity index (χ1v) is 6.42. The molecule has 0 unspecified atom stereocenters. The second-order valence-electron chi connectivity index (χ2n) is 4.56. The van der Waals surface area contributed by atoms with Crippen LogP contribution in [0.4, 0.5) is 5.82 Å². The molecule has 0 aliphatic carbocycles. The van der Waals surface area contributed by atoms with E-state index in [4.69, 9.17) is 9.47 Å². The number of aryl methyl sites for hydroxylation is 2. The van der Waals surface area contributed by atoms with E-state index in [1.54, 1.807) is 20.2 Å². The third kappa shape index (κ3) is 3.45. The molecule has 0 radical (unpaired) electrons. The van der Waals surface area contributed by atoms with Gasteiger partial charge in [-0.15, -0.1) is 0 Å². The van der Waals surface area contributed by atoms with Crippen molar-refractivity contribution in [3.05, 3.63) is 41.2 Å². The number of nitrogens with one attached hydrogen (secondary N) is 1. The van der Waals surface area contributed by atoms with Gasteiger partial charge in [-0.25, -0.2) is 4.98 Å². The first kappa shape index (κ1) is 14.3. The topological polar surface area (TPSA) is 56.3 Å². The van der Waals surface area contributed by atoms with E-state index in [-0.39, 0.29) is 0 Å². The Morgan fingerprint density at radius 1 is 1.15 bits per heavy atom. The fourth-order valence-corrected chi connectivity index (χ4v) is 1.78. The molecule has 2 rings (SSSR count). The molecular formula is C15H19N3O2. The van der Waals surface area contributed by atoms with Gasteiger partial charge < -0.3 is 14.8 Å². The number of hydrogen-bond acceptors (Lipinski definition) is 5. The van der Waals surface area contributed by atoms with Gasteiger partial charge in [0.15, 0.2) is 5.82 Å². The molecule has 1 N–H and O–H groups in total. The average molecular weight is 273 g/mol. The number of benzene rings is 1. The fraction of sp³-hybridized carbons (Fsp3) is 0.333. The number of anilines is 1. The third-order valence-electron chi connectivity index (χ3n) is 2.84. The van der Waals surface area contributed by atoms with E-state index in [1.165, 1.54) is 0 Å². The van der Waals surface area contributed by atoms with Gasteiger partial charge in [-0.3, -0.25) is 0 Å². The Kier molecular flexibility index (Phi) is 4.53. The molecule has 0 aliphatic rings. The standard InChI is InChI=1S/C15H19N3O2/c1-10-5-6-11(2)12(7-10)20-15-8-13(16-3)17-14(18-15)9-19-4/h5-8H,9H2,1-4H3,(H,16,17,18). The van der Waals surface area contributed by atoms with E-state index in [9.17, 15) is 0 Å². The van der Waals surface area contributed by atoms with Crippen molar-refractivity contribution in [3.63, 3.8) is 0 Å².